The lowest BCUT2D eigenvalue weighted by molar-refractivity contribution is -0.222. The third-order valence-corrected chi connectivity index (χ3v) is 5.69. The zero-order chi connectivity index (χ0) is 23.8. The Morgan fingerprint density at radius 1 is 0.781 bits per heavy atom. The van der Waals surface area contributed by atoms with Crippen LogP contribution in [0.25, 0.3) is 12.2 Å². The second kappa shape index (κ2) is 11.3. The van der Waals surface area contributed by atoms with Crippen molar-refractivity contribution in [3.05, 3.63) is 83.3 Å². The van der Waals surface area contributed by atoms with Crippen molar-refractivity contribution in [1.29, 1.82) is 0 Å². The van der Waals surface area contributed by atoms with E-state index in [0.717, 1.165) is 0 Å². The molecule has 0 fully saturated rings. The fraction of sp³-hybridized carbons (Fsp3) is 0.385. The van der Waals surface area contributed by atoms with Crippen molar-refractivity contribution in [2.24, 2.45) is 0 Å². The van der Waals surface area contributed by atoms with Crippen LogP contribution < -0.4 is 0 Å². The van der Waals surface area contributed by atoms with Crippen molar-refractivity contribution in [3.63, 3.8) is 0 Å². The molecule has 0 aromatic heterocycles. The molecule has 0 amide bonds. The van der Waals surface area contributed by atoms with E-state index in [4.69, 9.17) is 0 Å². The molecule has 0 radical (unpaired) electrons. The van der Waals surface area contributed by atoms with Crippen molar-refractivity contribution < 1.29 is 30.6 Å². The van der Waals surface area contributed by atoms with Gasteiger partial charge in [-0.1, -0.05) is 87.4 Å². The molecule has 0 aliphatic heterocycles. The van der Waals surface area contributed by atoms with E-state index in [1.54, 1.807) is 68.4 Å². The van der Waals surface area contributed by atoms with Gasteiger partial charge in [-0.3, -0.25) is 0 Å². The van der Waals surface area contributed by atoms with Crippen LogP contribution in [0.15, 0.2) is 72.2 Å². The van der Waals surface area contributed by atoms with E-state index >= 15 is 0 Å². The molecular formula is C26H34O6. The summed E-state index contributed by atoms with van der Waals surface area (Å²) in [6, 6.07) is 17.5. The monoisotopic (exact) mass is 442 g/mol. The first-order chi connectivity index (χ1) is 15.2. The highest BCUT2D eigenvalue weighted by molar-refractivity contribution is 5.54. The van der Waals surface area contributed by atoms with Gasteiger partial charge in [0, 0.05) is 0 Å². The van der Waals surface area contributed by atoms with Crippen LogP contribution >= 0.6 is 0 Å². The molecule has 0 saturated heterocycles. The molecule has 6 heteroatoms. The van der Waals surface area contributed by atoms with Crippen LogP contribution in [-0.2, 0) is 0 Å². The molecule has 6 N–H and O–H groups in total. The first kappa shape index (κ1) is 25.6. The Morgan fingerprint density at radius 2 is 1.25 bits per heavy atom. The fourth-order valence-corrected chi connectivity index (χ4v) is 3.96. The van der Waals surface area contributed by atoms with Crippen LogP contribution in [0.3, 0.4) is 0 Å². The summed E-state index contributed by atoms with van der Waals surface area (Å²) in [5.74, 6) is -1.09. The minimum atomic E-state index is -2.34. The lowest BCUT2D eigenvalue weighted by Crippen LogP contribution is -2.65. The molecule has 2 aromatic rings. The van der Waals surface area contributed by atoms with Gasteiger partial charge >= 0.3 is 0 Å². The van der Waals surface area contributed by atoms with Crippen molar-refractivity contribution in [2.75, 3.05) is 0 Å². The summed E-state index contributed by atoms with van der Waals surface area (Å²) in [6.07, 6.45) is -0.755. The third-order valence-electron chi connectivity index (χ3n) is 5.69. The zero-order valence-corrected chi connectivity index (χ0v) is 18.6. The molecular weight excluding hydrogens is 408 g/mol. The normalized spacial score (nSPS) is 18.4. The summed E-state index contributed by atoms with van der Waals surface area (Å²) in [5, 5.41) is 66.1. The second-order valence-electron chi connectivity index (χ2n) is 8.09. The Hall–Kier alpha value is -2.64. The van der Waals surface area contributed by atoms with Gasteiger partial charge in [-0.05, 0) is 36.1 Å². The lowest BCUT2D eigenvalue weighted by atomic mass is 9.70. The number of aliphatic hydroxyl groups excluding tert-OH is 4. The van der Waals surface area contributed by atoms with Gasteiger partial charge in [0.1, 0.15) is 29.3 Å². The average molecular weight is 443 g/mol. The lowest BCUT2D eigenvalue weighted by Gasteiger charge is -2.47. The summed E-state index contributed by atoms with van der Waals surface area (Å²) in [5.41, 5.74) is -3.42. The first-order valence-electron chi connectivity index (χ1n) is 10.9. The molecule has 2 rings (SSSR count). The molecule has 0 bridgehead atoms. The summed E-state index contributed by atoms with van der Waals surface area (Å²) in [4.78, 5) is 0. The Balaban J connectivity index is 2.48. The maximum atomic E-state index is 11.6. The van der Waals surface area contributed by atoms with Crippen LogP contribution in [0.1, 0.15) is 50.7 Å². The minimum absolute atomic E-state index is 0.0778. The average Bonchev–Trinajstić information content (AvgIpc) is 2.79. The molecule has 0 aliphatic rings. The van der Waals surface area contributed by atoms with Crippen molar-refractivity contribution in [3.8, 4) is 0 Å². The van der Waals surface area contributed by atoms with Gasteiger partial charge in [0.25, 0.3) is 0 Å². The third kappa shape index (κ3) is 5.58. The molecule has 0 aliphatic carbocycles. The van der Waals surface area contributed by atoms with Crippen LogP contribution in [0.2, 0.25) is 0 Å². The molecule has 4 atom stereocenters. The largest absolute Gasteiger partial charge is 0.509 e. The van der Waals surface area contributed by atoms with Gasteiger partial charge < -0.3 is 30.6 Å². The van der Waals surface area contributed by atoms with Gasteiger partial charge in [0.15, 0.2) is 5.60 Å². The standard InChI is InChI=1S/C26H34O6/c1-3-15-25(31,22(28)18-20-13-9-6-10-14-20)26(32,16-4-2)24(30)23(29)21(27)17-19-11-7-5-8-12-19/h5-14,17-18,23-24,27-32H,3-4,15-16H2,1-2H3/t23-,24-,25+,26+/m1/s1. The van der Waals surface area contributed by atoms with Gasteiger partial charge in [0.05, 0.1) is 0 Å². The SMILES string of the molecule is CCC[C@](O)(C(O)=Cc1ccccc1)[C@](O)(CCC)[C@H](O)[C@H](O)C(O)=Cc1ccccc1. The quantitative estimate of drug-likeness (QED) is 0.293. The molecule has 0 unspecified atom stereocenters. The Bertz CT molecular complexity index is 895. The highest BCUT2D eigenvalue weighted by Crippen LogP contribution is 2.41. The number of hydrogen-bond acceptors (Lipinski definition) is 6. The van der Waals surface area contributed by atoms with Crippen molar-refractivity contribution in [2.45, 2.75) is 62.9 Å². The summed E-state index contributed by atoms with van der Waals surface area (Å²) in [7, 11) is 0. The smallest absolute Gasteiger partial charge is 0.152 e. The molecule has 174 valence electrons. The molecule has 2 aromatic carbocycles. The van der Waals surface area contributed by atoms with Gasteiger partial charge in [-0.25, -0.2) is 0 Å². The minimum Gasteiger partial charge on any atom is -0.509 e. The number of benzene rings is 2. The first-order valence-corrected chi connectivity index (χ1v) is 10.9. The van der Waals surface area contributed by atoms with E-state index < -0.39 is 34.9 Å². The highest BCUT2D eigenvalue weighted by Gasteiger charge is 2.57. The number of rotatable bonds is 11. The van der Waals surface area contributed by atoms with E-state index in [0.29, 0.717) is 24.0 Å². The number of hydrogen-bond donors (Lipinski definition) is 6. The van der Waals surface area contributed by atoms with Gasteiger partial charge in [-0.2, -0.15) is 0 Å². The molecule has 0 saturated carbocycles. The van der Waals surface area contributed by atoms with Crippen LogP contribution in [0.5, 0.6) is 0 Å². The number of aliphatic hydroxyl groups is 6. The Kier molecular flexibility index (Phi) is 9.04. The predicted octanol–water partition coefficient (Wildman–Crippen LogP) is 3.97. The van der Waals surface area contributed by atoms with Crippen LogP contribution in [0, 0.1) is 0 Å². The molecule has 0 heterocycles. The molecule has 32 heavy (non-hydrogen) atoms. The van der Waals surface area contributed by atoms with E-state index in [1.807, 2.05) is 6.07 Å². The molecule has 6 nitrogen and oxygen atoms in total. The van der Waals surface area contributed by atoms with Gasteiger partial charge in [0.2, 0.25) is 0 Å². The van der Waals surface area contributed by atoms with Gasteiger partial charge in [-0.15, -0.1) is 0 Å². The Morgan fingerprint density at radius 3 is 1.72 bits per heavy atom. The maximum absolute atomic E-state index is 11.6. The maximum Gasteiger partial charge on any atom is 0.152 e. The summed E-state index contributed by atoms with van der Waals surface area (Å²) in [6.45, 7) is 3.51. The predicted molar refractivity (Wildman–Crippen MR) is 126 cm³/mol. The van der Waals surface area contributed by atoms with E-state index in [-0.39, 0.29) is 12.8 Å². The van der Waals surface area contributed by atoms with E-state index in [9.17, 15) is 30.6 Å². The Labute approximate surface area is 189 Å². The van der Waals surface area contributed by atoms with E-state index in [2.05, 4.69) is 0 Å². The fourth-order valence-electron chi connectivity index (χ4n) is 3.96. The van der Waals surface area contributed by atoms with Crippen molar-refractivity contribution in [1.82, 2.24) is 0 Å². The molecule has 0 spiro atoms. The van der Waals surface area contributed by atoms with Crippen molar-refractivity contribution >= 4 is 12.2 Å². The van der Waals surface area contributed by atoms with Crippen LogP contribution in [0.4, 0.5) is 0 Å². The summed E-state index contributed by atoms with van der Waals surface area (Å²) >= 11 is 0. The summed E-state index contributed by atoms with van der Waals surface area (Å²) < 4.78 is 0. The van der Waals surface area contributed by atoms with E-state index in [1.165, 1.54) is 12.2 Å². The second-order valence-corrected chi connectivity index (χ2v) is 8.09. The topological polar surface area (TPSA) is 121 Å². The van der Waals surface area contributed by atoms with Crippen LogP contribution in [-0.4, -0.2) is 54.0 Å². The zero-order valence-electron chi connectivity index (χ0n) is 18.6. The highest BCUT2D eigenvalue weighted by atomic mass is 16.4.